The summed E-state index contributed by atoms with van der Waals surface area (Å²) in [5.74, 6) is 2.09. The summed E-state index contributed by atoms with van der Waals surface area (Å²) in [4.78, 5) is 0. The Hall–Kier alpha value is -2.48. The number of hydrogen-bond donors (Lipinski definition) is 0. The van der Waals surface area contributed by atoms with Crippen LogP contribution in [0.5, 0.6) is 5.75 Å². The first-order valence-corrected chi connectivity index (χ1v) is 9.31. The summed E-state index contributed by atoms with van der Waals surface area (Å²) in [7, 11) is 1.70. The van der Waals surface area contributed by atoms with Crippen LogP contribution in [-0.2, 0) is 10.3 Å². The van der Waals surface area contributed by atoms with E-state index in [1.807, 2.05) is 19.1 Å². The molecule has 0 spiro atoms. The molecule has 134 valence electrons. The Kier molecular flexibility index (Phi) is 3.95. The molecule has 3 atom stereocenters. The smallest absolute Gasteiger partial charge is 0.150 e. The number of fused-ring (bicyclic) bond motifs is 1. The van der Waals surface area contributed by atoms with Gasteiger partial charge in [-0.1, -0.05) is 56.0 Å². The van der Waals surface area contributed by atoms with Gasteiger partial charge in [0.15, 0.2) is 5.60 Å². The van der Waals surface area contributed by atoms with Gasteiger partial charge in [-0.25, -0.2) is 0 Å². The summed E-state index contributed by atoms with van der Waals surface area (Å²) in [5, 5.41) is 0. The zero-order chi connectivity index (χ0) is 18.4. The van der Waals surface area contributed by atoms with E-state index in [-0.39, 0.29) is 11.3 Å². The van der Waals surface area contributed by atoms with E-state index in [1.165, 1.54) is 11.1 Å². The maximum absolute atomic E-state index is 6.78. The maximum atomic E-state index is 6.78. The van der Waals surface area contributed by atoms with E-state index >= 15 is 0 Å². The van der Waals surface area contributed by atoms with Crippen LogP contribution in [0.3, 0.4) is 0 Å². The molecule has 0 N–H and O–H groups in total. The predicted molar refractivity (Wildman–Crippen MR) is 105 cm³/mol. The van der Waals surface area contributed by atoms with Crippen molar-refractivity contribution >= 4 is 0 Å². The van der Waals surface area contributed by atoms with E-state index in [9.17, 15) is 0 Å². The van der Waals surface area contributed by atoms with Crippen LogP contribution in [0.25, 0.3) is 0 Å². The third-order valence-electron chi connectivity index (χ3n) is 6.46. The summed E-state index contributed by atoms with van der Waals surface area (Å²) in [5.41, 5.74) is 3.10. The lowest BCUT2D eigenvalue weighted by Crippen LogP contribution is -2.40. The SMILES string of the molecule is C=C1/C(=C\C)OC2(c3ccc(OC)cc3)C(c3ccccc3)CCC12C. The first-order valence-electron chi connectivity index (χ1n) is 9.31. The van der Waals surface area contributed by atoms with E-state index in [2.05, 4.69) is 62.0 Å². The normalized spacial score (nSPS) is 31.7. The monoisotopic (exact) mass is 346 g/mol. The highest BCUT2D eigenvalue weighted by atomic mass is 16.5. The van der Waals surface area contributed by atoms with Gasteiger partial charge in [-0.2, -0.15) is 0 Å². The van der Waals surface area contributed by atoms with Crippen molar-refractivity contribution in [1.29, 1.82) is 0 Å². The van der Waals surface area contributed by atoms with Crippen LogP contribution < -0.4 is 4.74 Å². The molecular formula is C24H26O2. The standard InChI is InChI=1S/C24H26O2/c1-5-22-17(2)23(3)16-15-21(18-9-7-6-8-10-18)24(23,26-22)19-11-13-20(25-4)14-12-19/h5-14,21H,2,15-16H2,1,3-4H3/b22-5+. The van der Waals surface area contributed by atoms with Crippen molar-refractivity contribution < 1.29 is 9.47 Å². The minimum atomic E-state index is -0.431. The van der Waals surface area contributed by atoms with Crippen molar-refractivity contribution in [1.82, 2.24) is 0 Å². The Labute approximate surface area is 156 Å². The molecule has 26 heavy (non-hydrogen) atoms. The minimum Gasteiger partial charge on any atom is -0.497 e. The lowest BCUT2D eigenvalue weighted by molar-refractivity contribution is -0.0325. The van der Waals surface area contributed by atoms with Crippen molar-refractivity contribution in [3.63, 3.8) is 0 Å². The molecule has 3 unspecified atom stereocenters. The van der Waals surface area contributed by atoms with Gasteiger partial charge in [0.05, 0.1) is 7.11 Å². The van der Waals surface area contributed by atoms with Crippen molar-refractivity contribution in [2.45, 2.75) is 38.2 Å². The first-order chi connectivity index (χ1) is 12.6. The van der Waals surface area contributed by atoms with Crippen molar-refractivity contribution in [3.05, 3.63) is 89.7 Å². The van der Waals surface area contributed by atoms with Crippen LogP contribution in [0, 0.1) is 5.41 Å². The van der Waals surface area contributed by atoms with Crippen molar-refractivity contribution in [2.24, 2.45) is 5.41 Å². The largest absolute Gasteiger partial charge is 0.497 e. The lowest BCUT2D eigenvalue weighted by atomic mass is 9.66. The van der Waals surface area contributed by atoms with Gasteiger partial charge in [0.2, 0.25) is 0 Å². The highest BCUT2D eigenvalue weighted by molar-refractivity contribution is 5.50. The Bertz CT molecular complexity index is 850. The van der Waals surface area contributed by atoms with Gasteiger partial charge in [-0.05, 0) is 54.7 Å². The lowest BCUT2D eigenvalue weighted by Gasteiger charge is -2.41. The molecule has 1 saturated heterocycles. The molecule has 2 aromatic carbocycles. The van der Waals surface area contributed by atoms with Gasteiger partial charge in [-0.3, -0.25) is 0 Å². The molecule has 1 saturated carbocycles. The van der Waals surface area contributed by atoms with Gasteiger partial charge in [0.1, 0.15) is 11.5 Å². The molecule has 1 aliphatic carbocycles. The fraction of sp³-hybridized carbons (Fsp3) is 0.333. The number of rotatable bonds is 3. The van der Waals surface area contributed by atoms with Crippen LogP contribution in [0.2, 0.25) is 0 Å². The third kappa shape index (κ3) is 2.11. The highest BCUT2D eigenvalue weighted by Gasteiger charge is 2.66. The molecular weight excluding hydrogens is 320 g/mol. The van der Waals surface area contributed by atoms with E-state index in [0.717, 1.165) is 29.9 Å². The molecule has 2 nitrogen and oxygen atoms in total. The average molecular weight is 346 g/mol. The molecule has 4 rings (SSSR count). The summed E-state index contributed by atoms with van der Waals surface area (Å²) in [6.07, 6.45) is 4.20. The second kappa shape index (κ2) is 6.05. The number of allylic oxidation sites excluding steroid dienone is 2. The van der Waals surface area contributed by atoms with Gasteiger partial charge < -0.3 is 9.47 Å². The molecule has 2 fully saturated rings. The summed E-state index contributed by atoms with van der Waals surface area (Å²) < 4.78 is 12.2. The number of hydrogen-bond acceptors (Lipinski definition) is 2. The second-order valence-corrected chi connectivity index (χ2v) is 7.53. The van der Waals surface area contributed by atoms with Crippen LogP contribution in [0.4, 0.5) is 0 Å². The maximum Gasteiger partial charge on any atom is 0.150 e. The van der Waals surface area contributed by atoms with Crippen LogP contribution in [0.15, 0.2) is 78.6 Å². The Balaban J connectivity index is 1.94. The molecule has 1 aliphatic heterocycles. The minimum absolute atomic E-state index is 0.121. The number of benzene rings is 2. The highest BCUT2D eigenvalue weighted by Crippen LogP contribution is 2.70. The van der Waals surface area contributed by atoms with Crippen molar-refractivity contribution in [3.8, 4) is 5.75 Å². The molecule has 2 aromatic rings. The van der Waals surface area contributed by atoms with Crippen molar-refractivity contribution in [2.75, 3.05) is 7.11 Å². The van der Waals surface area contributed by atoms with Gasteiger partial charge >= 0.3 is 0 Å². The molecule has 0 radical (unpaired) electrons. The predicted octanol–water partition coefficient (Wildman–Crippen LogP) is 5.96. The summed E-state index contributed by atoms with van der Waals surface area (Å²) in [6, 6.07) is 19.1. The average Bonchev–Trinajstić information content (AvgIpc) is 3.11. The van der Waals surface area contributed by atoms with Crippen LogP contribution >= 0.6 is 0 Å². The summed E-state index contributed by atoms with van der Waals surface area (Å²) in [6.45, 7) is 8.79. The molecule has 2 heteroatoms. The van der Waals surface area contributed by atoms with Gasteiger partial charge in [-0.15, -0.1) is 0 Å². The zero-order valence-corrected chi connectivity index (χ0v) is 15.8. The second-order valence-electron chi connectivity index (χ2n) is 7.53. The molecule has 1 heterocycles. The van der Waals surface area contributed by atoms with Crippen LogP contribution in [-0.4, -0.2) is 7.11 Å². The molecule has 2 aliphatic rings. The van der Waals surface area contributed by atoms with Gasteiger partial charge in [0, 0.05) is 11.3 Å². The number of methoxy groups -OCH3 is 1. The Morgan fingerprint density at radius 2 is 1.81 bits per heavy atom. The Morgan fingerprint density at radius 3 is 2.42 bits per heavy atom. The topological polar surface area (TPSA) is 18.5 Å². The van der Waals surface area contributed by atoms with E-state index < -0.39 is 5.60 Å². The van der Waals surface area contributed by atoms with E-state index in [4.69, 9.17) is 9.47 Å². The van der Waals surface area contributed by atoms with E-state index in [1.54, 1.807) is 7.11 Å². The molecule has 0 aromatic heterocycles. The number of ether oxygens (including phenoxy) is 2. The zero-order valence-electron chi connectivity index (χ0n) is 15.8. The Morgan fingerprint density at radius 1 is 1.12 bits per heavy atom. The first kappa shape index (κ1) is 17.0. The fourth-order valence-electron chi connectivity index (χ4n) is 5.01. The van der Waals surface area contributed by atoms with Gasteiger partial charge in [0.25, 0.3) is 0 Å². The third-order valence-corrected chi connectivity index (χ3v) is 6.46. The molecule has 0 amide bonds. The van der Waals surface area contributed by atoms with E-state index in [0.29, 0.717) is 0 Å². The fourth-order valence-corrected chi connectivity index (χ4v) is 5.01. The van der Waals surface area contributed by atoms with Crippen LogP contribution in [0.1, 0.15) is 43.7 Å². The summed E-state index contributed by atoms with van der Waals surface area (Å²) >= 11 is 0. The molecule has 0 bridgehead atoms. The quantitative estimate of drug-likeness (QED) is 0.682.